The number of carbonyl (C=O) groups excluding carboxylic acids is 3. The zero-order chi connectivity index (χ0) is 20.0. The van der Waals surface area contributed by atoms with E-state index in [1.807, 2.05) is 26.0 Å². The first kappa shape index (κ1) is 20.4. The highest BCUT2D eigenvalue weighted by Crippen LogP contribution is 2.17. The lowest BCUT2D eigenvalue weighted by atomic mass is 10.1. The highest BCUT2D eigenvalue weighted by atomic mass is 35.5. The van der Waals surface area contributed by atoms with E-state index in [0.717, 1.165) is 23.3 Å². The van der Waals surface area contributed by atoms with Crippen molar-refractivity contribution in [2.24, 2.45) is 0 Å². The zero-order valence-corrected chi connectivity index (χ0v) is 15.5. The van der Waals surface area contributed by atoms with Gasteiger partial charge in [0.2, 0.25) is 5.91 Å². The minimum absolute atomic E-state index is 0.136. The quantitative estimate of drug-likeness (QED) is 0.740. The Morgan fingerprint density at radius 2 is 1.85 bits per heavy atom. The molecule has 0 aliphatic carbocycles. The topological polar surface area (TPSA) is 84.5 Å². The van der Waals surface area contributed by atoms with Crippen molar-refractivity contribution in [1.82, 2.24) is 5.32 Å². The van der Waals surface area contributed by atoms with Crippen molar-refractivity contribution < 1.29 is 23.5 Å². The number of esters is 1. The third-order valence-corrected chi connectivity index (χ3v) is 4.05. The Bertz CT molecular complexity index is 886. The third kappa shape index (κ3) is 5.79. The van der Waals surface area contributed by atoms with Crippen molar-refractivity contribution in [1.29, 1.82) is 0 Å². The van der Waals surface area contributed by atoms with E-state index >= 15 is 0 Å². The van der Waals surface area contributed by atoms with Crippen LogP contribution in [-0.4, -0.2) is 30.9 Å². The van der Waals surface area contributed by atoms with Crippen molar-refractivity contribution in [2.45, 2.75) is 13.8 Å². The van der Waals surface area contributed by atoms with E-state index in [1.54, 1.807) is 6.07 Å². The molecule has 0 unspecified atom stereocenters. The van der Waals surface area contributed by atoms with Crippen molar-refractivity contribution >= 4 is 35.1 Å². The lowest BCUT2D eigenvalue weighted by Crippen LogP contribution is -2.35. The van der Waals surface area contributed by atoms with E-state index in [4.69, 9.17) is 16.3 Å². The predicted molar refractivity (Wildman–Crippen MR) is 99.2 cm³/mol. The van der Waals surface area contributed by atoms with Crippen LogP contribution < -0.4 is 10.6 Å². The average Bonchev–Trinajstić information content (AvgIpc) is 2.62. The highest BCUT2D eigenvalue weighted by molar-refractivity contribution is 6.30. The average molecular weight is 393 g/mol. The maximum atomic E-state index is 13.6. The van der Waals surface area contributed by atoms with Gasteiger partial charge in [-0.25, -0.2) is 9.18 Å². The first-order valence-electron chi connectivity index (χ1n) is 8.03. The van der Waals surface area contributed by atoms with E-state index in [2.05, 4.69) is 10.6 Å². The predicted octanol–water partition coefficient (Wildman–Crippen LogP) is 3.01. The van der Waals surface area contributed by atoms with Gasteiger partial charge in [-0.3, -0.25) is 9.59 Å². The second-order valence-corrected chi connectivity index (χ2v) is 6.21. The molecule has 2 aromatic rings. The van der Waals surface area contributed by atoms with Crippen LogP contribution in [0, 0.1) is 19.7 Å². The molecule has 0 aromatic heterocycles. The Kier molecular flexibility index (Phi) is 6.90. The molecule has 0 radical (unpaired) electrons. The Morgan fingerprint density at radius 3 is 2.56 bits per heavy atom. The fourth-order valence-electron chi connectivity index (χ4n) is 2.17. The van der Waals surface area contributed by atoms with Gasteiger partial charge in [0, 0.05) is 10.7 Å². The number of anilines is 1. The van der Waals surface area contributed by atoms with Crippen LogP contribution in [0.3, 0.4) is 0 Å². The highest BCUT2D eigenvalue weighted by Gasteiger charge is 2.15. The molecule has 0 aliphatic heterocycles. The SMILES string of the molecule is Cc1cccc(NC(=O)CNC(=O)COC(=O)c2ccc(Cl)cc2F)c1C. The van der Waals surface area contributed by atoms with Gasteiger partial charge in [0.15, 0.2) is 6.61 Å². The summed E-state index contributed by atoms with van der Waals surface area (Å²) in [7, 11) is 0. The van der Waals surface area contributed by atoms with Crippen molar-refractivity contribution in [3.8, 4) is 0 Å². The molecule has 2 N–H and O–H groups in total. The van der Waals surface area contributed by atoms with E-state index < -0.39 is 30.2 Å². The van der Waals surface area contributed by atoms with Crippen LogP contribution in [0.4, 0.5) is 10.1 Å². The molecule has 0 saturated heterocycles. The summed E-state index contributed by atoms with van der Waals surface area (Å²) in [6, 6.07) is 8.95. The molecule has 2 amide bonds. The maximum Gasteiger partial charge on any atom is 0.341 e. The molecule has 0 saturated carbocycles. The van der Waals surface area contributed by atoms with Gasteiger partial charge in [0.05, 0.1) is 12.1 Å². The molecule has 2 aromatic carbocycles. The van der Waals surface area contributed by atoms with Crippen LogP contribution in [0.2, 0.25) is 5.02 Å². The molecule has 8 heteroatoms. The number of benzene rings is 2. The van der Waals surface area contributed by atoms with Gasteiger partial charge >= 0.3 is 5.97 Å². The molecule has 0 aliphatic rings. The maximum absolute atomic E-state index is 13.6. The van der Waals surface area contributed by atoms with E-state index in [9.17, 15) is 18.8 Å². The lowest BCUT2D eigenvalue weighted by Gasteiger charge is -2.11. The summed E-state index contributed by atoms with van der Waals surface area (Å²) in [6.45, 7) is 2.86. The molecule has 2 rings (SSSR count). The van der Waals surface area contributed by atoms with E-state index in [-0.39, 0.29) is 17.1 Å². The Labute approximate surface area is 160 Å². The van der Waals surface area contributed by atoms with Gasteiger partial charge in [0.1, 0.15) is 5.82 Å². The summed E-state index contributed by atoms with van der Waals surface area (Å²) in [4.78, 5) is 35.4. The van der Waals surface area contributed by atoms with Gasteiger partial charge in [0.25, 0.3) is 5.91 Å². The van der Waals surface area contributed by atoms with Crippen LogP contribution in [-0.2, 0) is 14.3 Å². The zero-order valence-electron chi connectivity index (χ0n) is 14.8. The molecule has 0 spiro atoms. The van der Waals surface area contributed by atoms with Crippen molar-refractivity contribution in [3.05, 3.63) is 63.9 Å². The number of hydrogen-bond donors (Lipinski definition) is 2. The number of nitrogens with one attached hydrogen (secondary N) is 2. The summed E-state index contributed by atoms with van der Waals surface area (Å²) in [5.74, 6) is -2.96. The molecule has 6 nitrogen and oxygen atoms in total. The van der Waals surface area contributed by atoms with Crippen molar-refractivity contribution in [3.63, 3.8) is 0 Å². The van der Waals surface area contributed by atoms with Crippen LogP contribution in [0.1, 0.15) is 21.5 Å². The smallest absolute Gasteiger partial charge is 0.341 e. The number of amides is 2. The largest absolute Gasteiger partial charge is 0.452 e. The fraction of sp³-hybridized carbons (Fsp3) is 0.211. The van der Waals surface area contributed by atoms with Gasteiger partial charge in [-0.05, 0) is 49.2 Å². The molecule has 0 heterocycles. The third-order valence-electron chi connectivity index (χ3n) is 3.81. The second kappa shape index (κ2) is 9.14. The van der Waals surface area contributed by atoms with Crippen LogP contribution in [0.5, 0.6) is 0 Å². The van der Waals surface area contributed by atoms with E-state index in [0.29, 0.717) is 5.69 Å². The Balaban J connectivity index is 1.79. The first-order chi connectivity index (χ1) is 12.8. The first-order valence-corrected chi connectivity index (χ1v) is 8.40. The molecule has 0 fully saturated rings. The monoisotopic (exact) mass is 392 g/mol. The second-order valence-electron chi connectivity index (χ2n) is 5.77. The minimum atomic E-state index is -1.00. The lowest BCUT2D eigenvalue weighted by molar-refractivity contribution is -0.126. The molecular formula is C19H18ClFN2O4. The summed E-state index contributed by atoms with van der Waals surface area (Å²) in [5, 5.41) is 5.15. The van der Waals surface area contributed by atoms with Crippen LogP contribution in [0.15, 0.2) is 36.4 Å². The standard InChI is InChI=1S/C19H18ClFN2O4/c1-11-4-3-5-16(12(11)2)23-17(24)9-22-18(25)10-27-19(26)14-7-6-13(20)8-15(14)21/h3-8H,9-10H2,1-2H3,(H,22,25)(H,23,24). The molecular weight excluding hydrogens is 375 g/mol. The van der Waals surface area contributed by atoms with Crippen LogP contribution in [0.25, 0.3) is 0 Å². The number of carbonyl (C=O) groups is 3. The summed E-state index contributed by atoms with van der Waals surface area (Å²) >= 11 is 5.60. The summed E-state index contributed by atoms with van der Waals surface area (Å²) in [6.07, 6.45) is 0. The van der Waals surface area contributed by atoms with Crippen LogP contribution >= 0.6 is 11.6 Å². The minimum Gasteiger partial charge on any atom is -0.452 e. The normalized spacial score (nSPS) is 10.2. The number of rotatable bonds is 6. The summed E-state index contributed by atoms with van der Waals surface area (Å²) < 4.78 is 18.3. The van der Waals surface area contributed by atoms with Gasteiger partial charge < -0.3 is 15.4 Å². The van der Waals surface area contributed by atoms with Crippen molar-refractivity contribution in [2.75, 3.05) is 18.5 Å². The number of aryl methyl sites for hydroxylation is 1. The molecule has 27 heavy (non-hydrogen) atoms. The van der Waals surface area contributed by atoms with E-state index in [1.165, 1.54) is 6.07 Å². The number of halogens is 2. The van der Waals surface area contributed by atoms with Gasteiger partial charge in [-0.1, -0.05) is 23.7 Å². The van der Waals surface area contributed by atoms with Gasteiger partial charge in [-0.15, -0.1) is 0 Å². The Hall–Kier alpha value is -2.93. The number of hydrogen-bond acceptors (Lipinski definition) is 4. The molecule has 0 bridgehead atoms. The molecule has 0 atom stereocenters. The summed E-state index contributed by atoms with van der Waals surface area (Å²) in [5.41, 5.74) is 2.27. The number of ether oxygens (including phenoxy) is 1. The Morgan fingerprint density at radius 1 is 1.11 bits per heavy atom. The van der Waals surface area contributed by atoms with Gasteiger partial charge in [-0.2, -0.15) is 0 Å². The molecule has 142 valence electrons. The fourth-order valence-corrected chi connectivity index (χ4v) is 2.33.